The van der Waals surface area contributed by atoms with Crippen molar-refractivity contribution in [2.45, 2.75) is 26.7 Å². The van der Waals surface area contributed by atoms with Crippen LogP contribution in [0.2, 0.25) is 0 Å². The quantitative estimate of drug-likeness (QED) is 0.731. The largest absolute Gasteiger partial charge is 0.465 e. The van der Waals surface area contributed by atoms with Crippen LogP contribution >= 0.6 is 0 Å². The highest BCUT2D eigenvalue weighted by atomic mass is 16.5. The molecule has 0 aliphatic heterocycles. The van der Waals surface area contributed by atoms with Crippen LogP contribution in [0.3, 0.4) is 0 Å². The van der Waals surface area contributed by atoms with E-state index in [1.54, 1.807) is 6.07 Å². The summed E-state index contributed by atoms with van der Waals surface area (Å²) in [6, 6.07) is 5.66. The van der Waals surface area contributed by atoms with Gasteiger partial charge in [-0.2, -0.15) is 5.26 Å². The van der Waals surface area contributed by atoms with Crippen LogP contribution in [0.1, 0.15) is 40.9 Å². The number of nitriles is 1. The van der Waals surface area contributed by atoms with Crippen molar-refractivity contribution >= 4 is 5.97 Å². The Morgan fingerprint density at radius 3 is 2.38 bits per heavy atom. The minimum absolute atomic E-state index is 0.379. The predicted molar refractivity (Wildman–Crippen MR) is 61.3 cm³/mol. The van der Waals surface area contributed by atoms with Gasteiger partial charge in [0.1, 0.15) is 0 Å². The molecule has 0 aromatic heterocycles. The second-order valence-electron chi connectivity index (χ2n) is 3.48. The van der Waals surface area contributed by atoms with Crippen LogP contribution in [0.4, 0.5) is 0 Å². The Morgan fingerprint density at radius 1 is 1.31 bits per heavy atom. The minimum atomic E-state index is -0.379. The molecule has 0 heterocycles. The van der Waals surface area contributed by atoms with E-state index < -0.39 is 0 Å². The predicted octanol–water partition coefficient (Wildman–Crippen LogP) is 2.47. The minimum Gasteiger partial charge on any atom is -0.465 e. The maximum absolute atomic E-state index is 11.5. The van der Waals surface area contributed by atoms with E-state index in [1.165, 1.54) is 7.11 Å². The lowest BCUT2D eigenvalue weighted by atomic mass is 9.96. The highest BCUT2D eigenvalue weighted by Gasteiger charge is 2.14. The standard InChI is InChI=1S/C13H15NO2/c1-4-9-6-10(5-2)12(13(15)16-3)7-11(9)8-14/h6-7H,4-5H2,1-3H3. The van der Waals surface area contributed by atoms with Gasteiger partial charge >= 0.3 is 5.97 Å². The van der Waals surface area contributed by atoms with Crippen LogP contribution in [0, 0.1) is 11.3 Å². The molecule has 0 fully saturated rings. The van der Waals surface area contributed by atoms with Crippen LogP contribution < -0.4 is 0 Å². The van der Waals surface area contributed by atoms with Gasteiger partial charge in [0.2, 0.25) is 0 Å². The topological polar surface area (TPSA) is 50.1 Å². The molecule has 0 N–H and O–H groups in total. The lowest BCUT2D eigenvalue weighted by Crippen LogP contribution is -2.07. The lowest BCUT2D eigenvalue weighted by molar-refractivity contribution is 0.0599. The van der Waals surface area contributed by atoms with Gasteiger partial charge in [-0.25, -0.2) is 4.79 Å². The third kappa shape index (κ3) is 2.22. The average Bonchev–Trinajstić information content (AvgIpc) is 2.35. The number of benzene rings is 1. The van der Waals surface area contributed by atoms with E-state index in [4.69, 9.17) is 10.00 Å². The molecule has 0 amide bonds. The molecule has 3 heteroatoms. The number of hydrogen-bond acceptors (Lipinski definition) is 3. The maximum atomic E-state index is 11.5. The Bertz CT molecular complexity index is 444. The second kappa shape index (κ2) is 5.32. The van der Waals surface area contributed by atoms with Crippen LogP contribution in [0.5, 0.6) is 0 Å². The Labute approximate surface area is 95.7 Å². The zero-order valence-corrected chi connectivity index (χ0v) is 9.83. The van der Waals surface area contributed by atoms with Gasteiger partial charge < -0.3 is 4.74 Å². The summed E-state index contributed by atoms with van der Waals surface area (Å²) in [5, 5.41) is 8.99. The number of aryl methyl sites for hydroxylation is 2. The summed E-state index contributed by atoms with van der Waals surface area (Å²) in [5.41, 5.74) is 2.97. The molecule has 0 saturated heterocycles. The Morgan fingerprint density at radius 2 is 1.94 bits per heavy atom. The van der Waals surface area contributed by atoms with Gasteiger partial charge in [0, 0.05) is 0 Å². The third-order valence-electron chi connectivity index (χ3n) is 2.62. The molecule has 0 aliphatic rings. The molecular formula is C13H15NO2. The Hall–Kier alpha value is -1.82. The molecule has 84 valence electrons. The second-order valence-corrected chi connectivity index (χ2v) is 3.48. The number of rotatable bonds is 3. The van der Waals surface area contributed by atoms with Crippen molar-refractivity contribution in [3.8, 4) is 6.07 Å². The average molecular weight is 217 g/mol. The normalized spacial score (nSPS) is 9.62. The van der Waals surface area contributed by atoms with E-state index in [1.807, 2.05) is 19.9 Å². The molecule has 0 bridgehead atoms. The van der Waals surface area contributed by atoms with Crippen LogP contribution in [-0.4, -0.2) is 13.1 Å². The van der Waals surface area contributed by atoms with Crippen molar-refractivity contribution in [3.63, 3.8) is 0 Å². The van der Waals surface area contributed by atoms with Gasteiger partial charge in [-0.05, 0) is 30.0 Å². The van der Waals surface area contributed by atoms with Crippen LogP contribution in [0.25, 0.3) is 0 Å². The van der Waals surface area contributed by atoms with E-state index in [9.17, 15) is 4.79 Å². The number of hydrogen-bond donors (Lipinski definition) is 0. The highest BCUT2D eigenvalue weighted by Crippen LogP contribution is 2.19. The molecule has 0 radical (unpaired) electrons. The number of carbonyl (C=O) groups excluding carboxylic acids is 1. The molecule has 0 atom stereocenters. The number of methoxy groups -OCH3 is 1. The molecule has 16 heavy (non-hydrogen) atoms. The van der Waals surface area contributed by atoms with Crippen molar-refractivity contribution in [2.75, 3.05) is 7.11 Å². The summed E-state index contributed by atoms with van der Waals surface area (Å²) in [7, 11) is 1.35. The summed E-state index contributed by atoms with van der Waals surface area (Å²) in [6.45, 7) is 3.97. The number of esters is 1. The van der Waals surface area contributed by atoms with Crippen molar-refractivity contribution in [1.82, 2.24) is 0 Å². The summed E-state index contributed by atoms with van der Waals surface area (Å²) >= 11 is 0. The Kier molecular flexibility index (Phi) is 4.07. The molecule has 1 aromatic rings. The van der Waals surface area contributed by atoms with Gasteiger partial charge in [0.15, 0.2) is 0 Å². The monoisotopic (exact) mass is 217 g/mol. The lowest BCUT2D eigenvalue weighted by Gasteiger charge is -2.09. The first kappa shape index (κ1) is 12.3. The van der Waals surface area contributed by atoms with E-state index >= 15 is 0 Å². The first-order valence-corrected chi connectivity index (χ1v) is 5.32. The zero-order chi connectivity index (χ0) is 12.1. The molecule has 0 unspecified atom stereocenters. The number of nitrogens with zero attached hydrogens (tertiary/aromatic N) is 1. The van der Waals surface area contributed by atoms with Gasteiger partial charge in [0.25, 0.3) is 0 Å². The molecule has 0 saturated carbocycles. The van der Waals surface area contributed by atoms with E-state index in [2.05, 4.69) is 6.07 Å². The van der Waals surface area contributed by atoms with Crippen molar-refractivity contribution in [2.24, 2.45) is 0 Å². The van der Waals surface area contributed by atoms with E-state index in [0.717, 1.165) is 24.0 Å². The zero-order valence-electron chi connectivity index (χ0n) is 9.83. The van der Waals surface area contributed by atoms with Gasteiger partial charge in [0.05, 0.1) is 24.3 Å². The summed E-state index contributed by atoms with van der Waals surface area (Å²) < 4.78 is 4.70. The highest BCUT2D eigenvalue weighted by molar-refractivity contribution is 5.91. The van der Waals surface area contributed by atoms with Crippen molar-refractivity contribution in [1.29, 1.82) is 5.26 Å². The first-order chi connectivity index (χ1) is 7.67. The van der Waals surface area contributed by atoms with E-state index in [-0.39, 0.29) is 5.97 Å². The molecule has 1 aromatic carbocycles. The molecular weight excluding hydrogens is 202 g/mol. The fourth-order valence-electron chi connectivity index (χ4n) is 1.68. The SMILES string of the molecule is CCc1cc(CC)c(C(=O)OC)cc1C#N. The fourth-order valence-corrected chi connectivity index (χ4v) is 1.68. The van der Waals surface area contributed by atoms with Crippen molar-refractivity contribution in [3.05, 3.63) is 34.4 Å². The van der Waals surface area contributed by atoms with Crippen LogP contribution in [0.15, 0.2) is 12.1 Å². The smallest absolute Gasteiger partial charge is 0.338 e. The Balaban J connectivity index is 3.38. The van der Waals surface area contributed by atoms with Crippen molar-refractivity contribution < 1.29 is 9.53 Å². The molecule has 0 spiro atoms. The first-order valence-electron chi connectivity index (χ1n) is 5.32. The maximum Gasteiger partial charge on any atom is 0.338 e. The molecule has 3 nitrogen and oxygen atoms in total. The summed E-state index contributed by atoms with van der Waals surface area (Å²) in [5.74, 6) is -0.379. The van der Waals surface area contributed by atoms with E-state index in [0.29, 0.717) is 11.1 Å². The summed E-state index contributed by atoms with van der Waals surface area (Å²) in [4.78, 5) is 11.5. The van der Waals surface area contributed by atoms with Gasteiger partial charge in [-0.15, -0.1) is 0 Å². The van der Waals surface area contributed by atoms with Gasteiger partial charge in [-0.1, -0.05) is 19.9 Å². The fraction of sp³-hybridized carbons (Fsp3) is 0.385. The molecule has 1 rings (SSSR count). The number of carbonyl (C=O) groups is 1. The van der Waals surface area contributed by atoms with Crippen LogP contribution in [-0.2, 0) is 17.6 Å². The number of ether oxygens (including phenoxy) is 1. The van der Waals surface area contributed by atoms with Gasteiger partial charge in [-0.3, -0.25) is 0 Å². The third-order valence-corrected chi connectivity index (χ3v) is 2.62. The summed E-state index contributed by atoms with van der Waals surface area (Å²) in [6.07, 6.45) is 1.54. The molecule has 0 aliphatic carbocycles.